The lowest BCUT2D eigenvalue weighted by molar-refractivity contribution is -0.122. The SMILES string of the molecule is Cn1cc(C2=C(c3c[nH]c4cc(Cl)ccc34)C(=O)NC2=O)c2cccnc21. The smallest absolute Gasteiger partial charge is 0.259 e. The molecule has 0 unspecified atom stereocenters. The molecular formula is C20H13ClN4O2. The van der Waals surface area contributed by atoms with E-state index in [9.17, 15) is 9.59 Å². The minimum absolute atomic E-state index is 0.352. The normalized spacial score (nSPS) is 14.6. The molecule has 0 spiro atoms. The van der Waals surface area contributed by atoms with Crippen LogP contribution >= 0.6 is 11.6 Å². The summed E-state index contributed by atoms with van der Waals surface area (Å²) >= 11 is 6.06. The summed E-state index contributed by atoms with van der Waals surface area (Å²) in [5, 5.41) is 4.68. The number of H-pyrrole nitrogens is 1. The van der Waals surface area contributed by atoms with Crippen LogP contribution in [0.15, 0.2) is 48.9 Å². The maximum atomic E-state index is 12.7. The van der Waals surface area contributed by atoms with Gasteiger partial charge in [-0.25, -0.2) is 4.98 Å². The zero-order chi connectivity index (χ0) is 18.7. The highest BCUT2D eigenvalue weighted by Gasteiger charge is 2.35. The highest BCUT2D eigenvalue weighted by atomic mass is 35.5. The molecule has 4 heterocycles. The van der Waals surface area contributed by atoms with Gasteiger partial charge in [-0.1, -0.05) is 17.7 Å². The van der Waals surface area contributed by atoms with Crippen LogP contribution in [0.25, 0.3) is 33.1 Å². The zero-order valence-electron chi connectivity index (χ0n) is 14.2. The Morgan fingerprint density at radius 3 is 2.63 bits per heavy atom. The zero-order valence-corrected chi connectivity index (χ0v) is 15.0. The first-order chi connectivity index (χ1) is 13.0. The fourth-order valence-corrected chi connectivity index (χ4v) is 3.86. The number of imide groups is 1. The van der Waals surface area contributed by atoms with Crippen molar-refractivity contribution in [2.24, 2.45) is 7.05 Å². The standard InChI is InChI=1S/C20H13ClN4O2/c1-25-9-14(12-3-2-6-22-18(12)25)17-16(19(26)24-20(17)27)13-8-23-15-7-10(21)4-5-11(13)15/h2-9,23H,1H3,(H,24,26,27). The van der Waals surface area contributed by atoms with E-state index in [0.717, 1.165) is 21.9 Å². The van der Waals surface area contributed by atoms with Gasteiger partial charge in [-0.05, 0) is 24.3 Å². The molecule has 7 heteroatoms. The van der Waals surface area contributed by atoms with Gasteiger partial charge in [-0.2, -0.15) is 0 Å². The fourth-order valence-electron chi connectivity index (χ4n) is 3.69. The number of hydrogen-bond donors (Lipinski definition) is 2. The molecule has 0 aliphatic carbocycles. The number of hydrogen-bond acceptors (Lipinski definition) is 3. The number of aromatic nitrogens is 3. The molecule has 6 nitrogen and oxygen atoms in total. The molecule has 2 amide bonds. The van der Waals surface area contributed by atoms with Crippen molar-refractivity contribution in [1.82, 2.24) is 19.9 Å². The van der Waals surface area contributed by atoms with E-state index in [-0.39, 0.29) is 0 Å². The number of rotatable bonds is 2. The number of aryl methyl sites for hydroxylation is 1. The van der Waals surface area contributed by atoms with E-state index in [4.69, 9.17) is 11.6 Å². The number of nitrogens with one attached hydrogen (secondary N) is 2. The number of aromatic amines is 1. The van der Waals surface area contributed by atoms with E-state index >= 15 is 0 Å². The molecule has 3 aromatic heterocycles. The Morgan fingerprint density at radius 1 is 1.04 bits per heavy atom. The van der Waals surface area contributed by atoms with Crippen LogP contribution in [0, 0.1) is 0 Å². The molecular weight excluding hydrogens is 364 g/mol. The van der Waals surface area contributed by atoms with Gasteiger partial charge in [-0.15, -0.1) is 0 Å². The molecule has 0 bridgehead atoms. The van der Waals surface area contributed by atoms with Gasteiger partial charge in [0.1, 0.15) is 5.65 Å². The van der Waals surface area contributed by atoms with Crippen LogP contribution in [-0.4, -0.2) is 26.3 Å². The van der Waals surface area contributed by atoms with Gasteiger partial charge in [0.05, 0.1) is 11.1 Å². The van der Waals surface area contributed by atoms with Crippen molar-refractivity contribution in [3.63, 3.8) is 0 Å². The Bertz CT molecular complexity index is 1310. The molecule has 0 radical (unpaired) electrons. The summed E-state index contributed by atoms with van der Waals surface area (Å²) in [7, 11) is 1.86. The molecule has 2 N–H and O–H groups in total. The molecule has 1 aliphatic rings. The lowest BCUT2D eigenvalue weighted by atomic mass is 9.96. The van der Waals surface area contributed by atoms with Gasteiger partial charge in [0.2, 0.25) is 0 Å². The molecule has 27 heavy (non-hydrogen) atoms. The van der Waals surface area contributed by atoms with E-state index in [1.807, 2.05) is 36.0 Å². The summed E-state index contributed by atoms with van der Waals surface area (Å²) in [5.74, 6) is -0.818. The second-order valence-corrected chi connectivity index (χ2v) is 6.89. The summed E-state index contributed by atoms with van der Waals surface area (Å²) in [4.78, 5) is 32.8. The fraction of sp³-hybridized carbons (Fsp3) is 0.0500. The van der Waals surface area contributed by atoms with Gasteiger partial charge < -0.3 is 9.55 Å². The van der Waals surface area contributed by atoms with Crippen molar-refractivity contribution < 1.29 is 9.59 Å². The van der Waals surface area contributed by atoms with Crippen molar-refractivity contribution in [1.29, 1.82) is 0 Å². The maximum Gasteiger partial charge on any atom is 0.259 e. The van der Waals surface area contributed by atoms with Gasteiger partial charge in [0.25, 0.3) is 11.8 Å². The molecule has 5 rings (SSSR count). The quantitative estimate of drug-likeness (QED) is 0.527. The number of carbonyl (C=O) groups excluding carboxylic acids is 2. The number of pyridine rings is 1. The van der Waals surface area contributed by atoms with Crippen molar-refractivity contribution in [2.75, 3.05) is 0 Å². The lowest BCUT2D eigenvalue weighted by Gasteiger charge is -2.03. The number of carbonyl (C=O) groups is 2. The van der Waals surface area contributed by atoms with Crippen LogP contribution < -0.4 is 5.32 Å². The Hall–Kier alpha value is -3.38. The second kappa shape index (κ2) is 5.56. The largest absolute Gasteiger partial charge is 0.360 e. The average molecular weight is 377 g/mol. The van der Waals surface area contributed by atoms with E-state index in [2.05, 4.69) is 15.3 Å². The summed E-state index contributed by atoms with van der Waals surface area (Å²) in [6.07, 6.45) is 5.26. The van der Waals surface area contributed by atoms with Crippen molar-refractivity contribution >= 4 is 56.5 Å². The molecule has 0 saturated heterocycles. The number of benzene rings is 1. The third-order valence-electron chi connectivity index (χ3n) is 4.85. The third-order valence-corrected chi connectivity index (χ3v) is 5.08. The van der Waals surface area contributed by atoms with E-state index in [0.29, 0.717) is 27.3 Å². The summed E-state index contributed by atoms with van der Waals surface area (Å²) < 4.78 is 1.85. The highest BCUT2D eigenvalue weighted by Crippen LogP contribution is 2.38. The molecule has 132 valence electrons. The Morgan fingerprint density at radius 2 is 1.81 bits per heavy atom. The number of nitrogens with zero attached hydrogens (tertiary/aromatic N) is 2. The van der Waals surface area contributed by atoms with Crippen LogP contribution in [0.1, 0.15) is 11.1 Å². The number of halogens is 1. The van der Waals surface area contributed by atoms with Crippen LogP contribution in [0.5, 0.6) is 0 Å². The topological polar surface area (TPSA) is 79.8 Å². The van der Waals surface area contributed by atoms with Crippen LogP contribution in [0.2, 0.25) is 5.02 Å². The van der Waals surface area contributed by atoms with E-state index in [1.165, 1.54) is 0 Å². The maximum absolute atomic E-state index is 12.7. The first-order valence-corrected chi connectivity index (χ1v) is 8.70. The Kier molecular flexibility index (Phi) is 3.26. The highest BCUT2D eigenvalue weighted by molar-refractivity contribution is 6.50. The molecule has 1 aliphatic heterocycles. The monoisotopic (exact) mass is 376 g/mol. The minimum atomic E-state index is -0.410. The summed E-state index contributed by atoms with van der Waals surface area (Å²) in [5.41, 5.74) is 3.61. The molecule has 0 fully saturated rings. The van der Waals surface area contributed by atoms with Crippen molar-refractivity contribution in [2.45, 2.75) is 0 Å². The first-order valence-electron chi connectivity index (χ1n) is 8.32. The van der Waals surface area contributed by atoms with Crippen molar-refractivity contribution in [3.05, 3.63) is 65.1 Å². The molecule has 0 saturated carbocycles. The molecule has 0 atom stereocenters. The van der Waals surface area contributed by atoms with Crippen LogP contribution in [-0.2, 0) is 16.6 Å². The van der Waals surface area contributed by atoms with Gasteiger partial charge >= 0.3 is 0 Å². The van der Waals surface area contributed by atoms with E-state index < -0.39 is 11.8 Å². The summed E-state index contributed by atoms with van der Waals surface area (Å²) in [6, 6.07) is 9.10. The minimum Gasteiger partial charge on any atom is -0.360 e. The molecule has 1 aromatic carbocycles. The van der Waals surface area contributed by atoms with Gasteiger partial charge in [-0.3, -0.25) is 14.9 Å². The Labute approximate surface area is 158 Å². The van der Waals surface area contributed by atoms with Crippen molar-refractivity contribution in [3.8, 4) is 0 Å². The average Bonchev–Trinajstić information content (AvgIpc) is 3.28. The third kappa shape index (κ3) is 2.23. The van der Waals surface area contributed by atoms with Gasteiger partial charge in [0.15, 0.2) is 0 Å². The Balaban J connectivity index is 1.85. The van der Waals surface area contributed by atoms with Crippen LogP contribution in [0.3, 0.4) is 0 Å². The number of fused-ring (bicyclic) bond motifs is 2. The van der Waals surface area contributed by atoms with Gasteiger partial charge in [0, 0.05) is 58.1 Å². The lowest BCUT2D eigenvalue weighted by Crippen LogP contribution is -2.22. The predicted molar refractivity (Wildman–Crippen MR) is 104 cm³/mol. The predicted octanol–water partition coefficient (Wildman–Crippen LogP) is 3.28. The summed E-state index contributed by atoms with van der Waals surface area (Å²) in [6.45, 7) is 0. The first kappa shape index (κ1) is 15.8. The number of amides is 2. The second-order valence-electron chi connectivity index (χ2n) is 6.45. The van der Waals surface area contributed by atoms with E-state index in [1.54, 1.807) is 24.5 Å². The van der Waals surface area contributed by atoms with Crippen LogP contribution in [0.4, 0.5) is 0 Å². The molecule has 4 aromatic rings.